The Labute approximate surface area is 208 Å². The summed E-state index contributed by atoms with van der Waals surface area (Å²) in [5.41, 5.74) is 11.4. The molecule has 0 atom stereocenters. The van der Waals surface area contributed by atoms with E-state index in [4.69, 9.17) is 5.53 Å². The van der Waals surface area contributed by atoms with Crippen molar-refractivity contribution >= 4 is 17.1 Å². The van der Waals surface area contributed by atoms with Crippen molar-refractivity contribution in [1.82, 2.24) is 14.9 Å². The third-order valence-corrected chi connectivity index (χ3v) is 6.25. The van der Waals surface area contributed by atoms with Crippen molar-refractivity contribution in [3.63, 3.8) is 0 Å². The third-order valence-electron chi connectivity index (χ3n) is 6.25. The molecular weight excluding hydrogens is 467 g/mol. The lowest BCUT2D eigenvalue weighted by molar-refractivity contribution is -0.141. The second kappa shape index (κ2) is 10.4. The zero-order valence-corrected chi connectivity index (χ0v) is 20.4. The van der Waals surface area contributed by atoms with Crippen LogP contribution in [-0.2, 0) is 6.18 Å². The van der Waals surface area contributed by atoms with Gasteiger partial charge >= 0.3 is 6.18 Å². The Morgan fingerprint density at radius 3 is 2.53 bits per heavy atom. The number of nitrogens with zero attached hydrogens (tertiary/aromatic N) is 6. The van der Waals surface area contributed by atoms with Gasteiger partial charge in [0.25, 0.3) is 0 Å². The molecule has 1 aromatic carbocycles. The predicted molar refractivity (Wildman–Crippen MR) is 135 cm³/mol. The molecule has 3 heterocycles. The summed E-state index contributed by atoms with van der Waals surface area (Å²) in [6.07, 6.45) is 0.701. The van der Waals surface area contributed by atoms with Gasteiger partial charge in [-0.25, -0.2) is 10.5 Å². The molecular formula is C26H28F3N7. The summed E-state index contributed by atoms with van der Waals surface area (Å²) in [4.78, 5) is 14.5. The van der Waals surface area contributed by atoms with Crippen LogP contribution >= 0.6 is 0 Å². The number of aromatic nitrogens is 2. The number of alkyl halides is 3. The lowest BCUT2D eigenvalue weighted by Crippen LogP contribution is -2.44. The van der Waals surface area contributed by atoms with E-state index in [1.54, 1.807) is 30.6 Å². The van der Waals surface area contributed by atoms with Crippen molar-refractivity contribution in [1.29, 1.82) is 5.53 Å². The quantitative estimate of drug-likeness (QED) is 0.445. The molecule has 0 spiro atoms. The Morgan fingerprint density at radius 1 is 1.08 bits per heavy atom. The molecule has 1 N–H and O–H groups in total. The van der Waals surface area contributed by atoms with E-state index >= 15 is 0 Å². The summed E-state index contributed by atoms with van der Waals surface area (Å²) in [7, 11) is 3.91. The van der Waals surface area contributed by atoms with E-state index in [2.05, 4.69) is 31.9 Å². The van der Waals surface area contributed by atoms with Gasteiger partial charge in [0.05, 0.1) is 17.6 Å². The van der Waals surface area contributed by atoms with Gasteiger partial charge in [0.1, 0.15) is 11.4 Å². The van der Waals surface area contributed by atoms with E-state index in [1.807, 2.05) is 37.2 Å². The molecule has 2 aromatic heterocycles. The number of pyridine rings is 2. The van der Waals surface area contributed by atoms with Crippen molar-refractivity contribution in [2.24, 2.45) is 5.11 Å². The van der Waals surface area contributed by atoms with E-state index < -0.39 is 11.9 Å². The highest BCUT2D eigenvalue weighted by molar-refractivity contribution is 5.73. The standard InChI is InChI=1S/C26H28F3N7/c1-18-7-8-19(22-5-4-6-25(32-22)26(27,28)29)14-24(18)35(3)17-23(33-30)20-13-21(16-31-15-20)36-11-9-34(2)10-12-36/h4-8,13-17,30H,9-12H2,1-3H3/b23-17-,33-30?. The first-order valence-electron chi connectivity index (χ1n) is 11.5. The van der Waals surface area contributed by atoms with Gasteiger partial charge in [0.15, 0.2) is 0 Å². The maximum absolute atomic E-state index is 13.1. The van der Waals surface area contributed by atoms with Crippen LogP contribution in [0.4, 0.5) is 24.5 Å². The van der Waals surface area contributed by atoms with E-state index in [9.17, 15) is 13.2 Å². The van der Waals surface area contributed by atoms with Gasteiger partial charge in [-0.1, -0.05) is 18.2 Å². The van der Waals surface area contributed by atoms with Crippen LogP contribution in [0.1, 0.15) is 16.8 Å². The number of likely N-dealkylation sites (N-methyl/N-ethyl adjacent to an activating group) is 1. The lowest BCUT2D eigenvalue weighted by atomic mass is 10.1. The summed E-state index contributed by atoms with van der Waals surface area (Å²) < 4.78 is 39.4. The highest BCUT2D eigenvalue weighted by Gasteiger charge is 2.32. The van der Waals surface area contributed by atoms with Crippen LogP contribution in [0.3, 0.4) is 0 Å². The fourth-order valence-corrected chi connectivity index (χ4v) is 4.13. The summed E-state index contributed by atoms with van der Waals surface area (Å²) in [5, 5.41) is 3.74. The fourth-order valence-electron chi connectivity index (χ4n) is 4.13. The van der Waals surface area contributed by atoms with Gasteiger partial charge in [-0.05, 0) is 43.8 Å². The normalized spacial score (nSPS) is 15.2. The van der Waals surface area contributed by atoms with Crippen LogP contribution in [-0.4, -0.2) is 55.1 Å². The minimum atomic E-state index is -4.51. The minimum absolute atomic E-state index is 0.234. The van der Waals surface area contributed by atoms with Crippen LogP contribution in [0, 0.1) is 12.5 Å². The Bertz CT molecular complexity index is 1260. The SMILES string of the molecule is Cc1ccc(-c2cccc(C(F)(F)F)n2)cc1N(C)/C=C(\N=N)c1cncc(N2CCN(C)CC2)c1. The first-order chi connectivity index (χ1) is 17.2. The number of halogens is 3. The molecule has 0 aliphatic carbocycles. The average molecular weight is 496 g/mol. The molecule has 188 valence electrons. The molecule has 3 aromatic rings. The number of nitrogens with one attached hydrogen (secondary N) is 1. The van der Waals surface area contributed by atoms with Crippen molar-refractivity contribution in [2.45, 2.75) is 13.1 Å². The van der Waals surface area contributed by atoms with Gasteiger partial charge in [0, 0.05) is 62.4 Å². The maximum Gasteiger partial charge on any atom is 0.433 e. The number of hydrogen-bond donors (Lipinski definition) is 1. The fraction of sp³-hybridized carbons (Fsp3) is 0.308. The van der Waals surface area contributed by atoms with Crippen molar-refractivity contribution in [3.8, 4) is 11.3 Å². The molecule has 10 heteroatoms. The molecule has 0 saturated carbocycles. The highest BCUT2D eigenvalue weighted by Crippen LogP contribution is 2.32. The Morgan fingerprint density at radius 2 is 1.83 bits per heavy atom. The van der Waals surface area contributed by atoms with Crippen LogP contribution in [0.5, 0.6) is 0 Å². The summed E-state index contributed by atoms with van der Waals surface area (Å²) in [6, 6.07) is 11.2. The Kier molecular flexibility index (Phi) is 7.35. The van der Waals surface area contributed by atoms with Gasteiger partial charge < -0.3 is 14.7 Å². The number of benzene rings is 1. The second-order valence-electron chi connectivity index (χ2n) is 8.87. The molecule has 1 fully saturated rings. The number of anilines is 2. The molecule has 0 bridgehead atoms. The third kappa shape index (κ3) is 5.71. The monoisotopic (exact) mass is 495 g/mol. The van der Waals surface area contributed by atoms with E-state index in [-0.39, 0.29) is 5.69 Å². The number of rotatable bonds is 6. The van der Waals surface area contributed by atoms with E-state index in [0.29, 0.717) is 16.8 Å². The van der Waals surface area contributed by atoms with Gasteiger partial charge in [-0.2, -0.15) is 18.3 Å². The van der Waals surface area contributed by atoms with Crippen LogP contribution in [0.2, 0.25) is 0 Å². The molecule has 1 saturated heterocycles. The first-order valence-corrected chi connectivity index (χ1v) is 11.5. The molecule has 7 nitrogen and oxygen atoms in total. The van der Waals surface area contributed by atoms with Crippen molar-refractivity contribution < 1.29 is 13.2 Å². The molecule has 4 rings (SSSR count). The Hall–Kier alpha value is -3.79. The molecule has 1 aliphatic heterocycles. The first kappa shape index (κ1) is 25.3. The highest BCUT2D eigenvalue weighted by atomic mass is 19.4. The van der Waals surface area contributed by atoms with Gasteiger partial charge in [-0.15, -0.1) is 0 Å². The maximum atomic E-state index is 13.1. The number of aryl methyl sites for hydroxylation is 1. The molecule has 0 radical (unpaired) electrons. The van der Waals surface area contributed by atoms with E-state index in [1.165, 1.54) is 6.07 Å². The number of hydrogen-bond acceptors (Lipinski definition) is 7. The summed E-state index contributed by atoms with van der Waals surface area (Å²) in [6.45, 7) is 5.64. The van der Waals surface area contributed by atoms with Gasteiger partial charge in [0.2, 0.25) is 0 Å². The van der Waals surface area contributed by atoms with Crippen molar-refractivity contribution in [3.05, 3.63) is 77.9 Å². The lowest BCUT2D eigenvalue weighted by Gasteiger charge is -2.34. The molecule has 36 heavy (non-hydrogen) atoms. The van der Waals surface area contributed by atoms with Crippen LogP contribution in [0.25, 0.3) is 17.0 Å². The zero-order valence-electron chi connectivity index (χ0n) is 20.4. The largest absolute Gasteiger partial charge is 0.433 e. The molecule has 0 unspecified atom stereocenters. The smallest absolute Gasteiger partial charge is 0.368 e. The van der Waals surface area contributed by atoms with Gasteiger partial charge in [-0.3, -0.25) is 4.98 Å². The average Bonchev–Trinajstić information content (AvgIpc) is 2.87. The Balaban J connectivity index is 1.63. The predicted octanol–water partition coefficient (Wildman–Crippen LogP) is 5.69. The van der Waals surface area contributed by atoms with E-state index in [0.717, 1.165) is 49.2 Å². The van der Waals surface area contributed by atoms with Crippen molar-refractivity contribution in [2.75, 3.05) is 50.1 Å². The minimum Gasteiger partial charge on any atom is -0.368 e. The molecule has 1 aliphatic rings. The number of piperazine rings is 1. The zero-order chi connectivity index (χ0) is 25.9. The second-order valence-corrected chi connectivity index (χ2v) is 8.87. The topological polar surface area (TPSA) is 71.7 Å². The summed E-state index contributed by atoms with van der Waals surface area (Å²) in [5.74, 6) is 0. The summed E-state index contributed by atoms with van der Waals surface area (Å²) >= 11 is 0. The van der Waals surface area contributed by atoms with Crippen LogP contribution in [0.15, 0.2) is 66.2 Å². The van der Waals surface area contributed by atoms with Crippen LogP contribution < -0.4 is 9.80 Å². The molecule has 0 amide bonds.